The quantitative estimate of drug-likeness (QED) is 0.231. The lowest BCUT2D eigenvalue weighted by atomic mass is 9.80. The number of aromatic hydroxyl groups is 2. The highest BCUT2D eigenvalue weighted by Crippen LogP contribution is 2.38. The van der Waals surface area contributed by atoms with E-state index in [2.05, 4.69) is 68.3 Å². The van der Waals surface area contributed by atoms with E-state index in [1.54, 1.807) is 12.1 Å². The Morgan fingerprint density at radius 2 is 0.912 bits per heavy atom. The number of phenols is 2. The molecule has 0 aromatic heterocycles. The van der Waals surface area contributed by atoms with Gasteiger partial charge in [-0.3, -0.25) is 0 Å². The Balaban J connectivity index is 1.81. The lowest BCUT2D eigenvalue weighted by Crippen LogP contribution is -2.07. The van der Waals surface area contributed by atoms with Crippen LogP contribution in [0, 0.1) is 0 Å². The van der Waals surface area contributed by atoms with Gasteiger partial charge >= 0.3 is 0 Å². The molecule has 0 radical (unpaired) electrons. The molecule has 0 fully saturated rings. The molecule has 0 saturated carbocycles. The zero-order valence-corrected chi connectivity index (χ0v) is 21.5. The molecule has 0 spiro atoms. The van der Waals surface area contributed by atoms with E-state index in [9.17, 15) is 10.2 Å². The Morgan fingerprint density at radius 3 is 1.29 bits per heavy atom. The molecule has 0 saturated heterocycles. The van der Waals surface area contributed by atoms with E-state index < -0.39 is 0 Å². The number of phenolic OH excluding ortho intramolecular Hbond substituents is 2. The molecule has 2 N–H and O–H groups in total. The third-order valence-corrected chi connectivity index (χ3v) is 6.69. The molecule has 0 aliphatic carbocycles. The summed E-state index contributed by atoms with van der Waals surface area (Å²) in [6.07, 6.45) is 8.22. The molecule has 0 unspecified atom stereocenters. The average Bonchev–Trinajstić information content (AvgIpc) is 2.86. The summed E-state index contributed by atoms with van der Waals surface area (Å²) in [6.45, 7) is 0. The Labute approximate surface area is 217 Å². The fourth-order valence-corrected chi connectivity index (χ4v) is 4.72. The van der Waals surface area contributed by atoms with Gasteiger partial charge in [0.1, 0.15) is 11.5 Å². The molecule has 4 heteroatoms. The van der Waals surface area contributed by atoms with Crippen LogP contribution in [-0.4, -0.2) is 10.2 Å². The van der Waals surface area contributed by atoms with Gasteiger partial charge in [-0.15, -0.1) is 0 Å². The predicted octanol–water partition coefficient (Wildman–Crippen LogP) is 8.92. The zero-order chi connectivity index (χ0) is 23.9. The third-order valence-electron chi connectivity index (χ3n) is 5.70. The SMILES string of the molecule is Oc1ccc(Br)cc1/C=C/[C@@H](c1ccccc1)[C@@H](/C=C/c1cc(Br)ccc1O)c1ccccc1. The maximum Gasteiger partial charge on any atom is 0.122 e. The summed E-state index contributed by atoms with van der Waals surface area (Å²) in [5.74, 6) is 0.453. The molecule has 4 aromatic carbocycles. The molecule has 0 amide bonds. The highest BCUT2D eigenvalue weighted by Gasteiger charge is 2.21. The van der Waals surface area contributed by atoms with Gasteiger partial charge in [0.15, 0.2) is 0 Å². The molecule has 34 heavy (non-hydrogen) atoms. The molecule has 0 aliphatic rings. The Hall–Kier alpha value is -3.08. The lowest BCUT2D eigenvalue weighted by Gasteiger charge is -2.23. The summed E-state index contributed by atoms with van der Waals surface area (Å²) < 4.78 is 1.82. The number of rotatable bonds is 7. The molecule has 0 bridgehead atoms. The summed E-state index contributed by atoms with van der Waals surface area (Å²) in [5, 5.41) is 20.7. The van der Waals surface area contributed by atoms with Gasteiger partial charge in [0.2, 0.25) is 0 Å². The smallest absolute Gasteiger partial charge is 0.122 e. The van der Waals surface area contributed by atoms with Crippen molar-refractivity contribution in [3.8, 4) is 11.5 Å². The molecule has 0 aliphatic heterocycles. The highest BCUT2D eigenvalue weighted by atomic mass is 79.9. The van der Waals surface area contributed by atoms with E-state index in [-0.39, 0.29) is 23.3 Å². The van der Waals surface area contributed by atoms with Gasteiger partial charge < -0.3 is 10.2 Å². The minimum absolute atomic E-state index is 0.00692. The Morgan fingerprint density at radius 1 is 0.529 bits per heavy atom. The first-order valence-corrected chi connectivity index (χ1v) is 12.5. The molecule has 2 atom stereocenters. The average molecular weight is 576 g/mol. The molecule has 170 valence electrons. The van der Waals surface area contributed by atoms with E-state index in [0.717, 1.165) is 31.2 Å². The molecule has 4 aromatic rings. The normalized spacial score (nSPS) is 13.4. The second kappa shape index (κ2) is 11.4. The Kier molecular flexibility index (Phi) is 8.04. The monoisotopic (exact) mass is 574 g/mol. The topological polar surface area (TPSA) is 40.5 Å². The zero-order valence-electron chi connectivity index (χ0n) is 18.4. The van der Waals surface area contributed by atoms with Crippen LogP contribution in [0.5, 0.6) is 11.5 Å². The van der Waals surface area contributed by atoms with Crippen LogP contribution >= 0.6 is 31.9 Å². The minimum Gasteiger partial charge on any atom is -0.507 e. The lowest BCUT2D eigenvalue weighted by molar-refractivity contribution is 0.473. The van der Waals surface area contributed by atoms with Crippen molar-refractivity contribution >= 4 is 44.0 Å². The first kappa shape index (κ1) is 24.1. The molecule has 0 heterocycles. The van der Waals surface area contributed by atoms with E-state index >= 15 is 0 Å². The molecule has 2 nitrogen and oxygen atoms in total. The number of halogens is 2. The standard InChI is InChI=1S/C30H24Br2O2/c31-25-13-17-29(33)23(19-25)11-15-27(21-7-3-1-4-8-21)28(22-9-5-2-6-10-22)16-12-24-20-26(32)14-18-30(24)34/h1-20,27-28,33-34H/b15-11+,16-12+/t27-,28-/m0/s1. The fraction of sp³-hybridized carbons (Fsp3) is 0.0667. The highest BCUT2D eigenvalue weighted by molar-refractivity contribution is 9.10. The fourth-order valence-electron chi connectivity index (χ4n) is 3.96. The van der Waals surface area contributed by atoms with Gasteiger partial charge in [0.05, 0.1) is 0 Å². The Bertz CT molecular complexity index is 1200. The van der Waals surface area contributed by atoms with E-state index in [1.807, 2.05) is 72.8 Å². The first-order valence-electron chi connectivity index (χ1n) is 10.9. The first-order chi connectivity index (χ1) is 16.5. The van der Waals surface area contributed by atoms with Gasteiger partial charge in [-0.2, -0.15) is 0 Å². The number of allylic oxidation sites excluding steroid dienone is 2. The van der Waals surface area contributed by atoms with Crippen LogP contribution in [0.15, 0.2) is 118 Å². The van der Waals surface area contributed by atoms with Crippen molar-refractivity contribution in [3.05, 3.63) is 140 Å². The van der Waals surface area contributed by atoms with E-state index in [0.29, 0.717) is 0 Å². The van der Waals surface area contributed by atoms with E-state index in [4.69, 9.17) is 0 Å². The van der Waals surface area contributed by atoms with Crippen molar-refractivity contribution in [2.24, 2.45) is 0 Å². The van der Waals surface area contributed by atoms with Gasteiger partial charge in [-0.25, -0.2) is 0 Å². The number of hydrogen-bond donors (Lipinski definition) is 2. The summed E-state index contributed by atoms with van der Waals surface area (Å²) in [6, 6.07) is 31.5. The van der Waals surface area contributed by atoms with Crippen molar-refractivity contribution in [2.75, 3.05) is 0 Å². The van der Waals surface area contributed by atoms with Crippen LogP contribution in [0.25, 0.3) is 12.2 Å². The van der Waals surface area contributed by atoms with Crippen molar-refractivity contribution in [3.63, 3.8) is 0 Å². The molecule has 4 rings (SSSR count). The van der Waals surface area contributed by atoms with Crippen LogP contribution in [0.1, 0.15) is 34.1 Å². The molecular weight excluding hydrogens is 552 g/mol. The van der Waals surface area contributed by atoms with Crippen LogP contribution in [-0.2, 0) is 0 Å². The van der Waals surface area contributed by atoms with Crippen LogP contribution in [0.2, 0.25) is 0 Å². The van der Waals surface area contributed by atoms with Gasteiger partial charge in [0, 0.05) is 31.9 Å². The second-order valence-electron chi connectivity index (χ2n) is 8.00. The van der Waals surface area contributed by atoms with Gasteiger partial charge in [-0.05, 0) is 47.5 Å². The largest absolute Gasteiger partial charge is 0.507 e. The summed E-state index contributed by atoms with van der Waals surface area (Å²) >= 11 is 6.99. The van der Waals surface area contributed by atoms with Crippen molar-refractivity contribution in [2.45, 2.75) is 11.8 Å². The summed E-state index contributed by atoms with van der Waals surface area (Å²) in [5.41, 5.74) is 3.81. The van der Waals surface area contributed by atoms with Crippen LogP contribution in [0.4, 0.5) is 0 Å². The van der Waals surface area contributed by atoms with Crippen molar-refractivity contribution in [1.82, 2.24) is 0 Å². The minimum atomic E-state index is -0.00692. The van der Waals surface area contributed by atoms with Crippen LogP contribution in [0.3, 0.4) is 0 Å². The summed E-state index contributed by atoms with van der Waals surface area (Å²) in [7, 11) is 0. The van der Waals surface area contributed by atoms with Crippen molar-refractivity contribution < 1.29 is 10.2 Å². The van der Waals surface area contributed by atoms with Gasteiger partial charge in [0.25, 0.3) is 0 Å². The maximum atomic E-state index is 10.4. The predicted molar refractivity (Wildman–Crippen MR) is 148 cm³/mol. The third kappa shape index (κ3) is 6.07. The number of benzene rings is 4. The second-order valence-corrected chi connectivity index (χ2v) is 9.83. The van der Waals surface area contributed by atoms with E-state index in [1.165, 1.54) is 0 Å². The number of hydrogen-bond acceptors (Lipinski definition) is 2. The molecular formula is C30H24Br2O2. The summed E-state index contributed by atoms with van der Waals surface area (Å²) in [4.78, 5) is 0. The van der Waals surface area contributed by atoms with Crippen LogP contribution < -0.4 is 0 Å². The van der Waals surface area contributed by atoms with Gasteiger partial charge in [-0.1, -0.05) is 117 Å². The van der Waals surface area contributed by atoms with Crippen molar-refractivity contribution in [1.29, 1.82) is 0 Å². The maximum absolute atomic E-state index is 10.4.